The van der Waals surface area contributed by atoms with Gasteiger partial charge in [0.15, 0.2) is 0 Å². The first-order valence-electron chi connectivity index (χ1n) is 7.68. The summed E-state index contributed by atoms with van der Waals surface area (Å²) in [4.78, 5) is 10.3. The van der Waals surface area contributed by atoms with Crippen LogP contribution in [-0.2, 0) is 11.3 Å². The number of halogens is 1. The summed E-state index contributed by atoms with van der Waals surface area (Å²) in [5, 5.41) is 6.83. The van der Waals surface area contributed by atoms with Gasteiger partial charge in [-0.3, -0.25) is 4.90 Å². The molecular weight excluding hydrogens is 346 g/mol. The molecule has 2 aromatic heterocycles. The molecule has 1 unspecified atom stereocenters. The van der Waals surface area contributed by atoms with E-state index in [9.17, 15) is 0 Å². The van der Waals surface area contributed by atoms with Crippen LogP contribution < -0.4 is 0 Å². The van der Waals surface area contributed by atoms with Crippen molar-refractivity contribution in [2.75, 3.05) is 19.8 Å². The zero-order valence-corrected chi connectivity index (χ0v) is 14.4. The van der Waals surface area contributed by atoms with E-state index in [2.05, 4.69) is 24.5 Å². The highest BCUT2D eigenvalue weighted by Crippen LogP contribution is 2.27. The molecule has 1 aliphatic rings. The Bertz CT molecular complexity index is 806. The molecule has 1 fully saturated rings. The van der Waals surface area contributed by atoms with Crippen LogP contribution in [0.2, 0.25) is 5.02 Å². The number of benzene rings is 1. The average Bonchev–Trinajstić information content (AvgIpc) is 3.27. The standard InChI is InChI=1S/C16H16ClN5OS/c17-12-3-1-2-11(6-12)14-7-18-16(19-14)15-9-23-5-4-22(15)8-13-10-24-21-20-13/h1-3,6-7,10,15H,4-5,8-9H2,(H,18,19). The average molecular weight is 362 g/mol. The molecule has 0 radical (unpaired) electrons. The van der Waals surface area contributed by atoms with Gasteiger partial charge in [-0.1, -0.05) is 28.2 Å². The Labute approximate surface area is 148 Å². The van der Waals surface area contributed by atoms with E-state index in [0.29, 0.717) is 11.6 Å². The molecule has 3 aromatic rings. The summed E-state index contributed by atoms with van der Waals surface area (Å²) in [5.41, 5.74) is 2.95. The molecule has 4 rings (SSSR count). The van der Waals surface area contributed by atoms with Gasteiger partial charge in [0, 0.05) is 29.1 Å². The second-order valence-electron chi connectivity index (χ2n) is 5.65. The molecule has 1 N–H and O–H groups in total. The largest absolute Gasteiger partial charge is 0.378 e. The number of rotatable bonds is 4. The Morgan fingerprint density at radius 2 is 2.38 bits per heavy atom. The predicted molar refractivity (Wildman–Crippen MR) is 92.9 cm³/mol. The van der Waals surface area contributed by atoms with Crippen LogP contribution in [0, 0.1) is 0 Å². The van der Waals surface area contributed by atoms with E-state index in [1.807, 2.05) is 35.8 Å². The van der Waals surface area contributed by atoms with Crippen LogP contribution in [0.3, 0.4) is 0 Å². The van der Waals surface area contributed by atoms with Crippen LogP contribution in [0.15, 0.2) is 35.8 Å². The van der Waals surface area contributed by atoms with E-state index in [0.717, 1.165) is 42.5 Å². The van der Waals surface area contributed by atoms with E-state index in [4.69, 9.17) is 16.3 Å². The minimum Gasteiger partial charge on any atom is -0.378 e. The highest BCUT2D eigenvalue weighted by Gasteiger charge is 2.27. The maximum absolute atomic E-state index is 6.08. The van der Waals surface area contributed by atoms with Gasteiger partial charge < -0.3 is 9.72 Å². The van der Waals surface area contributed by atoms with Gasteiger partial charge in [-0.2, -0.15) is 0 Å². The summed E-state index contributed by atoms with van der Waals surface area (Å²) in [6.07, 6.45) is 1.85. The van der Waals surface area contributed by atoms with E-state index in [1.54, 1.807) is 0 Å². The summed E-state index contributed by atoms with van der Waals surface area (Å²) in [5.74, 6) is 0.896. The number of morpholine rings is 1. The Balaban J connectivity index is 1.57. The molecule has 1 atom stereocenters. The summed E-state index contributed by atoms with van der Waals surface area (Å²) in [7, 11) is 0. The zero-order chi connectivity index (χ0) is 16.4. The molecular formula is C16H16ClN5OS. The Morgan fingerprint density at radius 1 is 1.42 bits per heavy atom. The molecule has 0 spiro atoms. The van der Waals surface area contributed by atoms with Gasteiger partial charge >= 0.3 is 0 Å². The molecule has 0 saturated carbocycles. The van der Waals surface area contributed by atoms with Gasteiger partial charge in [-0.25, -0.2) is 4.98 Å². The minimum absolute atomic E-state index is 0.0772. The van der Waals surface area contributed by atoms with Crippen molar-refractivity contribution in [2.45, 2.75) is 12.6 Å². The third-order valence-corrected chi connectivity index (χ3v) is 4.84. The third kappa shape index (κ3) is 3.34. The van der Waals surface area contributed by atoms with Crippen LogP contribution in [-0.4, -0.2) is 44.2 Å². The zero-order valence-electron chi connectivity index (χ0n) is 12.9. The van der Waals surface area contributed by atoms with Crippen molar-refractivity contribution in [1.29, 1.82) is 0 Å². The summed E-state index contributed by atoms with van der Waals surface area (Å²) >= 11 is 7.45. The molecule has 0 amide bonds. The molecule has 1 saturated heterocycles. The van der Waals surface area contributed by atoms with Crippen LogP contribution in [0.4, 0.5) is 0 Å². The topological polar surface area (TPSA) is 66.9 Å². The molecule has 3 heterocycles. The van der Waals surface area contributed by atoms with E-state index >= 15 is 0 Å². The van der Waals surface area contributed by atoms with E-state index in [1.165, 1.54) is 11.5 Å². The number of hydrogen-bond donors (Lipinski definition) is 1. The molecule has 8 heteroatoms. The number of H-pyrrole nitrogens is 1. The van der Waals surface area contributed by atoms with Crippen molar-refractivity contribution in [2.24, 2.45) is 0 Å². The smallest absolute Gasteiger partial charge is 0.126 e. The molecule has 1 aliphatic heterocycles. The lowest BCUT2D eigenvalue weighted by Crippen LogP contribution is -2.39. The first-order chi connectivity index (χ1) is 11.8. The third-order valence-electron chi connectivity index (χ3n) is 4.06. The van der Waals surface area contributed by atoms with Gasteiger partial charge in [-0.05, 0) is 23.7 Å². The van der Waals surface area contributed by atoms with Gasteiger partial charge in [-0.15, -0.1) is 5.10 Å². The normalized spacial score (nSPS) is 18.8. The Morgan fingerprint density at radius 3 is 3.21 bits per heavy atom. The highest BCUT2D eigenvalue weighted by molar-refractivity contribution is 7.03. The highest BCUT2D eigenvalue weighted by atomic mass is 35.5. The molecule has 6 nitrogen and oxygen atoms in total. The Kier molecular flexibility index (Phi) is 4.57. The molecule has 0 bridgehead atoms. The van der Waals surface area contributed by atoms with Crippen molar-refractivity contribution in [3.8, 4) is 11.3 Å². The molecule has 24 heavy (non-hydrogen) atoms. The summed E-state index contributed by atoms with van der Waals surface area (Å²) in [6.45, 7) is 2.92. The lowest BCUT2D eigenvalue weighted by Gasteiger charge is -2.33. The predicted octanol–water partition coefficient (Wildman–Crippen LogP) is 3.16. The lowest BCUT2D eigenvalue weighted by atomic mass is 10.2. The monoisotopic (exact) mass is 361 g/mol. The van der Waals surface area contributed by atoms with Crippen LogP contribution in [0.1, 0.15) is 17.6 Å². The number of imidazole rings is 1. The van der Waals surface area contributed by atoms with Gasteiger partial charge in [0.25, 0.3) is 0 Å². The second kappa shape index (κ2) is 6.98. The summed E-state index contributed by atoms with van der Waals surface area (Å²) < 4.78 is 9.60. The Hall–Kier alpha value is -1.80. The quantitative estimate of drug-likeness (QED) is 0.773. The van der Waals surface area contributed by atoms with Crippen LogP contribution >= 0.6 is 23.1 Å². The van der Waals surface area contributed by atoms with Crippen molar-refractivity contribution in [3.63, 3.8) is 0 Å². The van der Waals surface area contributed by atoms with Crippen molar-refractivity contribution >= 4 is 23.1 Å². The summed E-state index contributed by atoms with van der Waals surface area (Å²) in [6, 6.07) is 7.81. The number of nitrogens with zero attached hydrogens (tertiary/aromatic N) is 4. The first kappa shape index (κ1) is 15.7. The number of nitrogens with one attached hydrogen (secondary N) is 1. The number of aromatic nitrogens is 4. The lowest BCUT2D eigenvalue weighted by molar-refractivity contribution is -0.0161. The SMILES string of the molecule is Clc1cccc(-c2cnc(C3COCCN3Cc3csnn3)[nH]2)c1. The van der Waals surface area contributed by atoms with Crippen LogP contribution in [0.25, 0.3) is 11.3 Å². The fourth-order valence-electron chi connectivity index (χ4n) is 2.85. The molecule has 1 aromatic carbocycles. The van der Waals surface area contributed by atoms with Gasteiger partial charge in [0.2, 0.25) is 0 Å². The fourth-order valence-corrected chi connectivity index (χ4v) is 3.48. The van der Waals surface area contributed by atoms with E-state index < -0.39 is 0 Å². The number of aromatic amines is 1. The van der Waals surface area contributed by atoms with Gasteiger partial charge in [0.1, 0.15) is 5.82 Å². The van der Waals surface area contributed by atoms with E-state index in [-0.39, 0.29) is 6.04 Å². The minimum atomic E-state index is 0.0772. The maximum Gasteiger partial charge on any atom is 0.126 e. The molecule has 0 aliphatic carbocycles. The number of hydrogen-bond acceptors (Lipinski definition) is 6. The molecule has 124 valence electrons. The van der Waals surface area contributed by atoms with Gasteiger partial charge in [0.05, 0.1) is 36.8 Å². The maximum atomic E-state index is 6.08. The van der Waals surface area contributed by atoms with Crippen molar-refractivity contribution in [1.82, 2.24) is 24.5 Å². The number of ether oxygens (including phenoxy) is 1. The first-order valence-corrected chi connectivity index (χ1v) is 8.89. The van der Waals surface area contributed by atoms with Crippen molar-refractivity contribution in [3.05, 3.63) is 52.4 Å². The fraction of sp³-hybridized carbons (Fsp3) is 0.312. The second-order valence-corrected chi connectivity index (χ2v) is 6.70. The van der Waals surface area contributed by atoms with Crippen molar-refractivity contribution < 1.29 is 4.74 Å². The van der Waals surface area contributed by atoms with Crippen LogP contribution in [0.5, 0.6) is 0 Å².